The summed E-state index contributed by atoms with van der Waals surface area (Å²) in [7, 11) is -7.09. The molecule has 2 aliphatic rings. The first-order chi connectivity index (χ1) is 14.6. The average molecular weight is 497 g/mol. The van der Waals surface area contributed by atoms with E-state index < -0.39 is 36.5 Å². The van der Waals surface area contributed by atoms with E-state index in [4.69, 9.17) is 0 Å². The van der Waals surface area contributed by atoms with Crippen molar-refractivity contribution in [2.75, 3.05) is 0 Å². The summed E-state index contributed by atoms with van der Waals surface area (Å²) >= 11 is 0. The lowest BCUT2D eigenvalue weighted by Crippen LogP contribution is -2.89. The highest BCUT2D eigenvalue weighted by Gasteiger charge is 2.70. The molecule has 2 aromatic rings. The van der Waals surface area contributed by atoms with E-state index in [1.165, 1.54) is 0 Å². The Morgan fingerprint density at radius 3 is 1.10 bits per heavy atom. The van der Waals surface area contributed by atoms with E-state index in [0.717, 1.165) is 0 Å². The molecule has 0 spiro atoms. The molecule has 2 fully saturated rings. The number of hydrogen-bond donors (Lipinski definition) is 0. The van der Waals surface area contributed by atoms with Crippen molar-refractivity contribution < 1.29 is 0 Å². The fraction of sp³-hybridized carbons (Fsp3) is 0.538. The van der Waals surface area contributed by atoms with Gasteiger partial charge in [0.15, 0.2) is 0 Å². The minimum atomic E-state index is -1.49. The molecule has 31 heavy (non-hydrogen) atoms. The van der Waals surface area contributed by atoms with Crippen molar-refractivity contribution in [3.63, 3.8) is 0 Å². The van der Waals surface area contributed by atoms with Crippen molar-refractivity contribution in [1.29, 1.82) is 0 Å². The molecule has 0 aromatic heterocycles. The van der Waals surface area contributed by atoms with Gasteiger partial charge < -0.3 is 0 Å². The molecule has 0 unspecified atom stereocenters. The highest BCUT2D eigenvalue weighted by Crippen LogP contribution is 2.53. The van der Waals surface area contributed by atoms with Crippen LogP contribution >= 0.6 is 0 Å². The van der Waals surface area contributed by atoms with Crippen LogP contribution in [0.1, 0.15) is 25.7 Å². The Kier molecular flexibility index (Phi) is 6.40. The van der Waals surface area contributed by atoms with Crippen LogP contribution < -0.4 is 10.4 Å². The smallest absolute Gasteiger partial charge is 0.0716 e. The van der Waals surface area contributed by atoms with Gasteiger partial charge in [0.05, 0.1) is 15.2 Å². The molecule has 0 amide bonds. The van der Waals surface area contributed by atoms with Crippen LogP contribution in [-0.2, 0) is 0 Å². The van der Waals surface area contributed by atoms with E-state index >= 15 is 0 Å². The maximum absolute atomic E-state index is 3.01. The molecule has 168 valence electrons. The standard InChI is InChI=1S/C26H44Si5/c1-27(2,25-17-9-7-10-18-25)30-21-13-15-23-31(29(30,5)6,24-16-14-22-30)28(3,4)26-19-11-8-12-20-26/h7-12,17-20H,13-16,21-24H2,1-6H3. The maximum Gasteiger partial charge on any atom is 0.0716 e. The lowest BCUT2D eigenvalue weighted by molar-refractivity contribution is 0.814. The van der Waals surface area contributed by atoms with Crippen LogP contribution in [0.2, 0.25) is 63.5 Å². The van der Waals surface area contributed by atoms with Crippen molar-refractivity contribution in [1.82, 2.24) is 0 Å². The van der Waals surface area contributed by atoms with Crippen LogP contribution in [0.4, 0.5) is 0 Å². The summed E-state index contributed by atoms with van der Waals surface area (Å²) in [5, 5.41) is 3.60. The zero-order chi connectivity index (χ0) is 22.4. The van der Waals surface area contributed by atoms with Gasteiger partial charge in [-0.2, -0.15) is 0 Å². The molecule has 0 saturated carbocycles. The molecule has 2 aliphatic heterocycles. The normalized spacial score (nSPS) is 29.1. The van der Waals surface area contributed by atoms with E-state index in [9.17, 15) is 0 Å². The monoisotopic (exact) mass is 496 g/mol. The lowest BCUT2D eigenvalue weighted by atomic mass is 10.4. The minimum Gasteiger partial charge on any atom is -0.0734 e. The van der Waals surface area contributed by atoms with Gasteiger partial charge >= 0.3 is 0 Å². The SMILES string of the molecule is C[Si](C)(c1ccccc1)[Si]12CCCC[Si]([Si](C)(C)c3ccccc3)(CCCC1)[Si]2(C)C. The van der Waals surface area contributed by atoms with Crippen LogP contribution in [0.5, 0.6) is 0 Å². The van der Waals surface area contributed by atoms with Gasteiger partial charge in [0, 0.05) is 21.3 Å². The summed E-state index contributed by atoms with van der Waals surface area (Å²) < 4.78 is 0. The van der Waals surface area contributed by atoms with Crippen LogP contribution in [-0.4, -0.2) is 36.5 Å². The van der Waals surface area contributed by atoms with Gasteiger partial charge in [-0.3, -0.25) is 0 Å². The number of benzene rings is 2. The molecule has 0 radical (unpaired) electrons. The molecule has 0 atom stereocenters. The molecule has 0 N–H and O–H groups in total. The van der Waals surface area contributed by atoms with E-state index in [0.29, 0.717) is 0 Å². The number of fused-ring (bicyclic) bond motifs is 2. The predicted octanol–water partition coefficient (Wildman–Crippen LogP) is 6.72. The summed E-state index contributed by atoms with van der Waals surface area (Å²) in [6, 6.07) is 30.7. The molecular formula is C26H44Si5. The van der Waals surface area contributed by atoms with E-state index in [1.54, 1.807) is 60.2 Å². The number of hydrogen-bond acceptors (Lipinski definition) is 0. The quantitative estimate of drug-likeness (QED) is 0.412. The summed E-state index contributed by atoms with van der Waals surface area (Å²) in [5.74, 6) is 0. The zero-order valence-electron chi connectivity index (χ0n) is 20.9. The Balaban J connectivity index is 1.96. The highest BCUT2D eigenvalue weighted by molar-refractivity contribution is 7.94. The Bertz CT molecular complexity index is 803. The summed E-state index contributed by atoms with van der Waals surface area (Å²) in [6.45, 7) is 17.4. The van der Waals surface area contributed by atoms with E-state index in [2.05, 4.69) is 99.9 Å². The number of rotatable bonds is 4. The Morgan fingerprint density at radius 1 is 0.516 bits per heavy atom. The molecule has 0 aliphatic carbocycles. The fourth-order valence-electron chi connectivity index (χ4n) is 8.74. The van der Waals surface area contributed by atoms with Gasteiger partial charge in [0.25, 0.3) is 0 Å². The second kappa shape index (κ2) is 8.39. The van der Waals surface area contributed by atoms with E-state index in [1.807, 2.05) is 0 Å². The van der Waals surface area contributed by atoms with Gasteiger partial charge in [-0.25, -0.2) is 0 Å². The van der Waals surface area contributed by atoms with Gasteiger partial charge in [0.1, 0.15) is 0 Å². The Hall–Kier alpha value is -0.476. The first-order valence-electron chi connectivity index (χ1n) is 12.7. The topological polar surface area (TPSA) is 0 Å². The van der Waals surface area contributed by atoms with Crippen molar-refractivity contribution in [3.8, 4) is 0 Å². The summed E-state index contributed by atoms with van der Waals surface area (Å²) in [6.07, 6.45) is 6.22. The van der Waals surface area contributed by atoms with E-state index in [-0.39, 0.29) is 0 Å². The second-order valence-corrected chi connectivity index (χ2v) is 60.4. The van der Waals surface area contributed by atoms with Crippen molar-refractivity contribution >= 4 is 46.9 Å². The van der Waals surface area contributed by atoms with Gasteiger partial charge in [0.2, 0.25) is 0 Å². The summed E-state index contributed by atoms with van der Waals surface area (Å²) in [4.78, 5) is 0. The Labute approximate surface area is 196 Å². The van der Waals surface area contributed by atoms with Crippen LogP contribution in [0.25, 0.3) is 0 Å². The van der Waals surface area contributed by atoms with Gasteiger partial charge in [-0.1, -0.05) is 160 Å². The minimum absolute atomic E-state index is 1.37. The molecule has 2 heterocycles. The van der Waals surface area contributed by atoms with Gasteiger partial charge in [-0.05, 0) is 0 Å². The lowest BCUT2D eigenvalue weighted by Gasteiger charge is -2.62. The second-order valence-electron chi connectivity index (χ2n) is 12.2. The first-order valence-corrected chi connectivity index (χ1v) is 30.6. The molecule has 2 saturated heterocycles. The molecule has 4 rings (SSSR count). The van der Waals surface area contributed by atoms with Crippen molar-refractivity contribution in [2.24, 2.45) is 0 Å². The first kappa shape index (κ1) is 23.7. The van der Waals surface area contributed by atoms with Crippen LogP contribution in [0.3, 0.4) is 0 Å². The van der Waals surface area contributed by atoms with Gasteiger partial charge in [-0.15, -0.1) is 0 Å². The Morgan fingerprint density at radius 2 is 0.806 bits per heavy atom. The average Bonchev–Trinajstić information content (AvgIpc) is 2.96. The predicted molar refractivity (Wildman–Crippen MR) is 154 cm³/mol. The highest BCUT2D eigenvalue weighted by atomic mass is 29.9. The van der Waals surface area contributed by atoms with Crippen molar-refractivity contribution in [3.05, 3.63) is 60.7 Å². The molecule has 2 bridgehead atoms. The summed E-state index contributed by atoms with van der Waals surface area (Å²) in [5.41, 5.74) is 0. The third-order valence-electron chi connectivity index (χ3n) is 10.7. The van der Waals surface area contributed by atoms with Crippen LogP contribution in [0.15, 0.2) is 60.7 Å². The third kappa shape index (κ3) is 3.37. The molecule has 0 nitrogen and oxygen atoms in total. The molecule has 5 heteroatoms. The molecule has 2 aromatic carbocycles. The zero-order valence-corrected chi connectivity index (χ0v) is 25.9. The van der Waals surface area contributed by atoms with Crippen LogP contribution in [0, 0.1) is 0 Å². The molecular weight excluding hydrogens is 453 g/mol. The van der Waals surface area contributed by atoms with Crippen molar-refractivity contribution in [2.45, 2.75) is 89.1 Å². The third-order valence-corrected chi connectivity index (χ3v) is 101. The largest absolute Gasteiger partial charge is 0.0734 e. The fourth-order valence-corrected chi connectivity index (χ4v) is 137. The maximum atomic E-state index is 3.01.